The molecule has 0 unspecified atom stereocenters. The molecule has 0 spiro atoms. The molecule has 0 saturated heterocycles. The summed E-state index contributed by atoms with van der Waals surface area (Å²) in [7, 11) is 0. The molecule has 0 aromatic heterocycles. The van der Waals surface area contributed by atoms with Crippen LogP contribution in [0.3, 0.4) is 0 Å². The Hall–Kier alpha value is -2.04. The molecule has 0 aliphatic heterocycles. The number of carbonyl (C=O) groups excluding carboxylic acids is 2. The van der Waals surface area contributed by atoms with Gasteiger partial charge in [-0.1, -0.05) is 35.3 Å². The molecular weight excluding hydrogens is 371 g/mol. The number of halogens is 2. The van der Waals surface area contributed by atoms with Crippen molar-refractivity contribution in [3.63, 3.8) is 0 Å². The van der Waals surface area contributed by atoms with Crippen LogP contribution >= 0.6 is 23.2 Å². The highest BCUT2D eigenvalue weighted by Gasteiger charge is 2.24. The van der Waals surface area contributed by atoms with Crippen molar-refractivity contribution in [3.8, 4) is 0 Å². The normalized spacial score (nSPS) is 19.6. The van der Waals surface area contributed by atoms with E-state index in [2.05, 4.69) is 10.6 Å². The monoisotopic (exact) mass is 390 g/mol. The first-order chi connectivity index (χ1) is 12.5. The number of rotatable bonds is 4. The second-order valence-corrected chi connectivity index (χ2v) is 7.39. The largest absolute Gasteiger partial charge is 0.349 e. The highest BCUT2D eigenvalue weighted by molar-refractivity contribution is 6.31. The molecule has 0 bridgehead atoms. The number of amides is 2. The summed E-state index contributed by atoms with van der Waals surface area (Å²) in [6.07, 6.45) is 3.30. The molecule has 136 valence electrons. The molecule has 0 atom stereocenters. The molecular formula is C20H20Cl2N2O2. The van der Waals surface area contributed by atoms with Gasteiger partial charge in [-0.15, -0.1) is 0 Å². The quantitative estimate of drug-likeness (QED) is 0.808. The fourth-order valence-corrected chi connectivity index (χ4v) is 3.56. The van der Waals surface area contributed by atoms with E-state index in [1.807, 2.05) is 0 Å². The summed E-state index contributed by atoms with van der Waals surface area (Å²) in [6, 6.07) is 14.1. The molecule has 2 amide bonds. The molecule has 1 aliphatic rings. The molecule has 6 heteroatoms. The van der Waals surface area contributed by atoms with Gasteiger partial charge in [0.05, 0.1) is 0 Å². The first-order valence-electron chi connectivity index (χ1n) is 8.64. The van der Waals surface area contributed by atoms with Crippen LogP contribution in [0.5, 0.6) is 0 Å². The summed E-state index contributed by atoms with van der Waals surface area (Å²) in [4.78, 5) is 24.6. The van der Waals surface area contributed by atoms with Crippen LogP contribution in [-0.4, -0.2) is 23.9 Å². The number of carbonyl (C=O) groups is 2. The zero-order valence-corrected chi connectivity index (χ0v) is 15.7. The molecule has 1 aliphatic carbocycles. The Labute approximate surface area is 162 Å². The highest BCUT2D eigenvalue weighted by atomic mass is 35.5. The summed E-state index contributed by atoms with van der Waals surface area (Å²) in [5, 5.41) is 7.19. The van der Waals surface area contributed by atoms with Gasteiger partial charge in [0.15, 0.2) is 0 Å². The lowest BCUT2D eigenvalue weighted by molar-refractivity contribution is 0.0892. The van der Waals surface area contributed by atoms with E-state index in [9.17, 15) is 9.59 Å². The standard InChI is InChI=1S/C20H20Cl2N2O2/c21-15-5-1-3-13(11-15)19(25)23-17-7-9-18(10-8-17)24-20(26)14-4-2-6-16(22)12-14/h1-6,11-12,17-18H,7-10H2,(H,23,25)(H,24,26). The molecule has 2 N–H and O–H groups in total. The molecule has 1 saturated carbocycles. The fourth-order valence-electron chi connectivity index (χ4n) is 3.18. The van der Waals surface area contributed by atoms with Crippen LogP contribution in [0.15, 0.2) is 48.5 Å². The third kappa shape index (κ3) is 4.99. The lowest BCUT2D eigenvalue weighted by Gasteiger charge is -2.29. The van der Waals surface area contributed by atoms with Crippen LogP contribution in [0.25, 0.3) is 0 Å². The van der Waals surface area contributed by atoms with E-state index >= 15 is 0 Å². The predicted molar refractivity (Wildman–Crippen MR) is 104 cm³/mol. The molecule has 2 aromatic rings. The summed E-state index contributed by atoms with van der Waals surface area (Å²) in [6.45, 7) is 0. The SMILES string of the molecule is O=C(NC1CCC(NC(=O)c2cccc(Cl)c2)CC1)c1cccc(Cl)c1. The lowest BCUT2D eigenvalue weighted by atomic mass is 9.90. The zero-order chi connectivity index (χ0) is 18.5. The highest BCUT2D eigenvalue weighted by Crippen LogP contribution is 2.20. The topological polar surface area (TPSA) is 58.2 Å². The number of hydrogen-bond donors (Lipinski definition) is 2. The zero-order valence-electron chi connectivity index (χ0n) is 14.2. The molecule has 0 heterocycles. The second-order valence-electron chi connectivity index (χ2n) is 6.52. The van der Waals surface area contributed by atoms with Gasteiger partial charge in [-0.25, -0.2) is 0 Å². The first kappa shape index (κ1) is 18.7. The lowest BCUT2D eigenvalue weighted by Crippen LogP contribution is -2.43. The molecule has 2 aromatic carbocycles. The molecule has 3 rings (SSSR count). The molecule has 0 radical (unpaired) electrons. The maximum atomic E-state index is 12.3. The van der Waals surface area contributed by atoms with Crippen molar-refractivity contribution in [2.24, 2.45) is 0 Å². The molecule has 26 heavy (non-hydrogen) atoms. The minimum absolute atomic E-state index is 0.112. The van der Waals surface area contributed by atoms with Crippen LogP contribution in [0.4, 0.5) is 0 Å². The van der Waals surface area contributed by atoms with E-state index in [0.717, 1.165) is 25.7 Å². The van der Waals surface area contributed by atoms with E-state index in [0.29, 0.717) is 21.2 Å². The average molecular weight is 391 g/mol. The van der Waals surface area contributed by atoms with E-state index in [4.69, 9.17) is 23.2 Å². The van der Waals surface area contributed by atoms with Gasteiger partial charge in [-0.2, -0.15) is 0 Å². The van der Waals surface area contributed by atoms with E-state index in [1.165, 1.54) is 0 Å². The molecule has 4 nitrogen and oxygen atoms in total. The van der Waals surface area contributed by atoms with Crippen molar-refractivity contribution in [1.82, 2.24) is 10.6 Å². The van der Waals surface area contributed by atoms with Crippen molar-refractivity contribution in [2.75, 3.05) is 0 Å². The Morgan fingerprint density at radius 1 is 0.731 bits per heavy atom. The third-order valence-electron chi connectivity index (χ3n) is 4.57. The maximum absolute atomic E-state index is 12.3. The van der Waals surface area contributed by atoms with Crippen LogP contribution in [-0.2, 0) is 0 Å². The van der Waals surface area contributed by atoms with Gasteiger partial charge in [0.1, 0.15) is 0 Å². The smallest absolute Gasteiger partial charge is 0.251 e. The summed E-state index contributed by atoms with van der Waals surface area (Å²) in [5.74, 6) is -0.224. The van der Waals surface area contributed by atoms with Crippen LogP contribution in [0.1, 0.15) is 46.4 Å². The van der Waals surface area contributed by atoms with Gasteiger partial charge < -0.3 is 10.6 Å². The van der Waals surface area contributed by atoms with Gasteiger partial charge in [-0.05, 0) is 62.1 Å². The first-order valence-corrected chi connectivity index (χ1v) is 9.40. The maximum Gasteiger partial charge on any atom is 0.251 e. The van der Waals surface area contributed by atoms with Gasteiger partial charge in [0, 0.05) is 33.3 Å². The molecule has 1 fully saturated rings. The van der Waals surface area contributed by atoms with Crippen molar-refractivity contribution in [1.29, 1.82) is 0 Å². The number of benzene rings is 2. The summed E-state index contributed by atoms with van der Waals surface area (Å²) < 4.78 is 0. The van der Waals surface area contributed by atoms with Gasteiger partial charge in [0.25, 0.3) is 11.8 Å². The van der Waals surface area contributed by atoms with E-state index in [-0.39, 0.29) is 23.9 Å². The Bertz CT molecular complexity index is 734. The predicted octanol–water partition coefficient (Wildman–Crippen LogP) is 4.46. The van der Waals surface area contributed by atoms with Crippen LogP contribution < -0.4 is 10.6 Å². The Morgan fingerprint density at radius 3 is 1.46 bits per heavy atom. The minimum atomic E-state index is -0.112. The number of hydrogen-bond acceptors (Lipinski definition) is 2. The number of nitrogens with one attached hydrogen (secondary N) is 2. The fraction of sp³-hybridized carbons (Fsp3) is 0.300. The average Bonchev–Trinajstić information content (AvgIpc) is 2.63. The summed E-state index contributed by atoms with van der Waals surface area (Å²) in [5.41, 5.74) is 1.13. The Morgan fingerprint density at radius 2 is 1.12 bits per heavy atom. The van der Waals surface area contributed by atoms with E-state index < -0.39 is 0 Å². The third-order valence-corrected chi connectivity index (χ3v) is 5.04. The second kappa shape index (κ2) is 8.56. The van der Waals surface area contributed by atoms with Crippen LogP contribution in [0.2, 0.25) is 10.0 Å². The van der Waals surface area contributed by atoms with E-state index in [1.54, 1.807) is 48.5 Å². The van der Waals surface area contributed by atoms with Crippen molar-refractivity contribution in [3.05, 3.63) is 69.7 Å². The van der Waals surface area contributed by atoms with Crippen molar-refractivity contribution >= 4 is 35.0 Å². The van der Waals surface area contributed by atoms with Crippen LogP contribution in [0, 0.1) is 0 Å². The van der Waals surface area contributed by atoms with Crippen molar-refractivity contribution in [2.45, 2.75) is 37.8 Å². The summed E-state index contributed by atoms with van der Waals surface area (Å²) >= 11 is 11.9. The minimum Gasteiger partial charge on any atom is -0.349 e. The van der Waals surface area contributed by atoms with Gasteiger partial charge in [0.2, 0.25) is 0 Å². The Kier molecular flexibility index (Phi) is 6.17. The van der Waals surface area contributed by atoms with Gasteiger partial charge in [-0.3, -0.25) is 9.59 Å². The van der Waals surface area contributed by atoms with Gasteiger partial charge >= 0.3 is 0 Å². The van der Waals surface area contributed by atoms with Crippen molar-refractivity contribution < 1.29 is 9.59 Å². The Balaban J connectivity index is 1.48.